The Morgan fingerprint density at radius 2 is 1.95 bits per heavy atom. The number of hydrogen-bond donors (Lipinski definition) is 2. The van der Waals surface area contributed by atoms with Crippen LogP contribution in [0.2, 0.25) is 5.02 Å². The number of ether oxygens (including phenoxy) is 1. The maximum atomic E-state index is 16.0. The number of para-hydroxylation sites is 1. The molecule has 0 saturated carbocycles. The average molecular weight is 525 g/mol. The molecule has 5 nitrogen and oxygen atoms in total. The lowest BCUT2D eigenvalue weighted by molar-refractivity contribution is 0.0693. The number of nitrogens with zero attached hydrogens (tertiary/aromatic N) is 1. The van der Waals surface area contributed by atoms with Gasteiger partial charge >= 0.3 is 5.97 Å². The summed E-state index contributed by atoms with van der Waals surface area (Å²) in [5.74, 6) is -1.48. The van der Waals surface area contributed by atoms with Gasteiger partial charge in [-0.3, -0.25) is 4.90 Å². The van der Waals surface area contributed by atoms with E-state index >= 15 is 4.39 Å². The number of aromatic carboxylic acids is 1. The largest absolute Gasteiger partial charge is 0.496 e. The van der Waals surface area contributed by atoms with E-state index in [0.717, 1.165) is 22.2 Å². The second-order valence-electron chi connectivity index (χ2n) is 9.98. The lowest BCUT2D eigenvalue weighted by Gasteiger charge is -2.39. The number of nitrogens with one attached hydrogen (secondary N) is 1. The van der Waals surface area contributed by atoms with Gasteiger partial charge in [0.1, 0.15) is 22.8 Å². The first-order valence-corrected chi connectivity index (χ1v) is 12.4. The standard InChI is InChI=1S/C29H27ClF2N2O3/c1-29(2,32)15-34-11-10-19-18-6-4-5-7-23(18)33-26(19)27(34)25-21(30)12-17(13-22(25)31)16-8-9-20(28(35)36)24(14-16)37-3/h4-9,12-14,27,33H,10-11,15H2,1-3H3,(H,35,36). The molecule has 2 heterocycles. The summed E-state index contributed by atoms with van der Waals surface area (Å²) in [7, 11) is 1.38. The van der Waals surface area contributed by atoms with E-state index in [9.17, 15) is 14.3 Å². The third kappa shape index (κ3) is 4.69. The smallest absolute Gasteiger partial charge is 0.339 e. The van der Waals surface area contributed by atoms with E-state index in [0.29, 0.717) is 24.1 Å². The predicted octanol–water partition coefficient (Wildman–Crippen LogP) is 7.03. The molecule has 1 aromatic heterocycles. The number of aromatic amines is 1. The van der Waals surface area contributed by atoms with Crippen LogP contribution in [0.15, 0.2) is 54.6 Å². The van der Waals surface area contributed by atoms with Crippen LogP contribution in [0.3, 0.4) is 0 Å². The molecule has 1 aliphatic rings. The third-order valence-corrected chi connectivity index (χ3v) is 7.14. The Bertz CT molecular complexity index is 1490. The fraction of sp³-hybridized carbons (Fsp3) is 0.276. The monoisotopic (exact) mass is 524 g/mol. The number of aromatic nitrogens is 1. The van der Waals surface area contributed by atoms with Gasteiger partial charge in [0.25, 0.3) is 0 Å². The van der Waals surface area contributed by atoms with E-state index in [1.807, 2.05) is 29.2 Å². The van der Waals surface area contributed by atoms with Crippen molar-refractivity contribution < 1.29 is 23.4 Å². The van der Waals surface area contributed by atoms with E-state index in [-0.39, 0.29) is 28.4 Å². The SMILES string of the molecule is COc1cc(-c2cc(F)c(C3c4[nH]c5ccccc5c4CCN3CC(C)(C)F)c(Cl)c2)ccc1C(=O)O. The third-order valence-electron chi connectivity index (χ3n) is 6.83. The number of fused-ring (bicyclic) bond motifs is 3. The molecule has 0 radical (unpaired) electrons. The Hall–Kier alpha value is -3.42. The summed E-state index contributed by atoms with van der Waals surface area (Å²) in [5, 5.41) is 10.6. The van der Waals surface area contributed by atoms with Crippen molar-refractivity contribution in [2.24, 2.45) is 0 Å². The molecule has 2 N–H and O–H groups in total. The molecule has 1 unspecified atom stereocenters. The van der Waals surface area contributed by atoms with E-state index in [1.165, 1.54) is 33.1 Å². The van der Waals surface area contributed by atoms with Crippen LogP contribution in [0.1, 0.15) is 47.1 Å². The van der Waals surface area contributed by atoms with Crippen molar-refractivity contribution in [3.63, 3.8) is 0 Å². The summed E-state index contributed by atoms with van der Waals surface area (Å²) in [4.78, 5) is 16.8. The Morgan fingerprint density at radius 3 is 2.62 bits per heavy atom. The highest BCUT2D eigenvalue weighted by atomic mass is 35.5. The van der Waals surface area contributed by atoms with Crippen LogP contribution in [-0.4, -0.2) is 46.8 Å². The molecular formula is C29H27ClF2N2O3. The van der Waals surface area contributed by atoms with Crippen molar-refractivity contribution in [1.29, 1.82) is 0 Å². The van der Waals surface area contributed by atoms with Gasteiger partial charge in [0, 0.05) is 40.3 Å². The van der Waals surface area contributed by atoms with Gasteiger partial charge in [-0.1, -0.05) is 35.9 Å². The summed E-state index contributed by atoms with van der Waals surface area (Å²) in [6.07, 6.45) is 0.707. The maximum absolute atomic E-state index is 16.0. The quantitative estimate of drug-likeness (QED) is 0.284. The molecule has 0 amide bonds. The first-order valence-electron chi connectivity index (χ1n) is 12.0. The van der Waals surface area contributed by atoms with Gasteiger partial charge in [0.2, 0.25) is 0 Å². The average Bonchev–Trinajstić information content (AvgIpc) is 3.22. The van der Waals surface area contributed by atoms with Crippen molar-refractivity contribution in [2.75, 3.05) is 20.2 Å². The lowest BCUT2D eigenvalue weighted by atomic mass is 9.90. The Kier molecular flexibility index (Phi) is 6.46. The number of carbonyl (C=O) groups is 1. The zero-order chi connectivity index (χ0) is 26.5. The van der Waals surface area contributed by atoms with E-state index in [2.05, 4.69) is 4.98 Å². The number of rotatable bonds is 6. The first kappa shape index (κ1) is 25.2. The molecule has 1 aliphatic heterocycles. The first-order chi connectivity index (χ1) is 17.6. The number of benzene rings is 3. The van der Waals surface area contributed by atoms with E-state index in [4.69, 9.17) is 16.3 Å². The Balaban J connectivity index is 1.64. The van der Waals surface area contributed by atoms with E-state index in [1.54, 1.807) is 18.2 Å². The highest BCUT2D eigenvalue weighted by Gasteiger charge is 2.37. The topological polar surface area (TPSA) is 65.6 Å². The van der Waals surface area contributed by atoms with Gasteiger partial charge < -0.3 is 14.8 Å². The molecule has 0 bridgehead atoms. The molecular weight excluding hydrogens is 498 g/mol. The molecule has 192 valence electrons. The minimum atomic E-state index is -1.49. The molecule has 1 atom stereocenters. The van der Waals surface area contributed by atoms with Gasteiger partial charge in [0.15, 0.2) is 0 Å². The molecule has 8 heteroatoms. The van der Waals surface area contributed by atoms with Gasteiger partial charge in [-0.25, -0.2) is 13.6 Å². The van der Waals surface area contributed by atoms with Crippen LogP contribution in [-0.2, 0) is 6.42 Å². The van der Waals surface area contributed by atoms with Crippen molar-refractivity contribution in [3.8, 4) is 16.9 Å². The molecule has 0 fully saturated rings. The Morgan fingerprint density at radius 1 is 1.19 bits per heavy atom. The predicted molar refractivity (Wildman–Crippen MR) is 141 cm³/mol. The number of H-pyrrole nitrogens is 1. The molecule has 3 aromatic carbocycles. The fourth-order valence-electron chi connectivity index (χ4n) is 5.33. The molecule has 37 heavy (non-hydrogen) atoms. The summed E-state index contributed by atoms with van der Waals surface area (Å²) >= 11 is 6.78. The minimum absolute atomic E-state index is 0.00691. The minimum Gasteiger partial charge on any atom is -0.496 e. The van der Waals surface area contributed by atoms with Crippen LogP contribution >= 0.6 is 11.6 Å². The molecule has 0 saturated heterocycles. The molecule has 0 aliphatic carbocycles. The number of methoxy groups -OCH3 is 1. The van der Waals surface area contributed by atoms with Crippen LogP contribution in [0.5, 0.6) is 5.75 Å². The second-order valence-corrected chi connectivity index (χ2v) is 10.4. The zero-order valence-electron chi connectivity index (χ0n) is 20.7. The van der Waals surface area contributed by atoms with E-state index < -0.39 is 23.5 Å². The highest BCUT2D eigenvalue weighted by molar-refractivity contribution is 6.31. The normalized spacial score (nSPS) is 16.1. The molecule has 4 aromatic rings. The Labute approximate surface area is 218 Å². The molecule has 0 spiro atoms. The fourth-order valence-corrected chi connectivity index (χ4v) is 5.64. The summed E-state index contributed by atoms with van der Waals surface area (Å²) in [6.45, 7) is 3.69. The van der Waals surface area contributed by atoms with Crippen molar-refractivity contribution in [3.05, 3.63) is 87.8 Å². The van der Waals surface area contributed by atoms with Crippen LogP contribution in [0.25, 0.3) is 22.0 Å². The number of halogens is 3. The number of alkyl halides is 1. The molecule has 5 rings (SSSR count). The van der Waals surface area contributed by atoms with Crippen molar-refractivity contribution in [2.45, 2.75) is 32.0 Å². The van der Waals surface area contributed by atoms with Crippen LogP contribution in [0.4, 0.5) is 8.78 Å². The zero-order valence-corrected chi connectivity index (χ0v) is 21.5. The summed E-state index contributed by atoms with van der Waals surface area (Å²) < 4.78 is 36.1. The van der Waals surface area contributed by atoms with Crippen molar-refractivity contribution >= 4 is 28.5 Å². The van der Waals surface area contributed by atoms with Gasteiger partial charge in [-0.15, -0.1) is 0 Å². The number of carboxylic acid groups (broad SMARTS) is 1. The highest BCUT2D eigenvalue weighted by Crippen LogP contribution is 2.43. The summed E-state index contributed by atoms with van der Waals surface area (Å²) in [5.41, 5.74) is 2.67. The van der Waals surface area contributed by atoms with Crippen molar-refractivity contribution in [1.82, 2.24) is 9.88 Å². The van der Waals surface area contributed by atoms with Crippen LogP contribution in [0, 0.1) is 5.82 Å². The second kappa shape index (κ2) is 9.47. The number of carboxylic acids is 1. The van der Waals surface area contributed by atoms with Gasteiger partial charge in [-0.2, -0.15) is 0 Å². The summed E-state index contributed by atoms with van der Waals surface area (Å²) in [6, 6.07) is 14.9. The van der Waals surface area contributed by atoms with Gasteiger partial charge in [-0.05, 0) is 67.3 Å². The van der Waals surface area contributed by atoms with Gasteiger partial charge in [0.05, 0.1) is 13.2 Å². The number of hydrogen-bond acceptors (Lipinski definition) is 3. The maximum Gasteiger partial charge on any atom is 0.339 e. The lowest BCUT2D eigenvalue weighted by Crippen LogP contribution is -2.43. The van der Waals surface area contributed by atoms with Crippen LogP contribution < -0.4 is 4.74 Å².